The van der Waals surface area contributed by atoms with Crippen LogP contribution in [0.15, 0.2) is 11.6 Å². The van der Waals surface area contributed by atoms with E-state index >= 15 is 0 Å². The number of allylic oxidation sites excluding steroid dienone is 1. The molecule has 0 aromatic heterocycles. The van der Waals surface area contributed by atoms with Gasteiger partial charge in [0.1, 0.15) is 6.67 Å². The second-order valence-corrected chi connectivity index (χ2v) is 6.35. The molecule has 96 valence electrons. The van der Waals surface area contributed by atoms with Crippen LogP contribution in [-0.2, 0) is 4.79 Å². The van der Waals surface area contributed by atoms with E-state index in [0.717, 1.165) is 12.8 Å². The van der Waals surface area contributed by atoms with E-state index in [9.17, 15) is 9.18 Å². The minimum absolute atomic E-state index is 0.0698. The number of halogens is 1. The molecule has 2 nitrogen and oxygen atoms in total. The maximum absolute atomic E-state index is 12.7. The molecular formula is C14H21FO2. The summed E-state index contributed by atoms with van der Waals surface area (Å²) in [7, 11) is 0. The fourth-order valence-corrected chi connectivity index (χ4v) is 3.93. The Hall–Kier alpha value is -0.860. The number of hydrogen-bond donors (Lipinski definition) is 1. The largest absolute Gasteiger partial charge is 0.478 e. The lowest BCUT2D eigenvalue weighted by molar-refractivity contribution is -0.132. The van der Waals surface area contributed by atoms with Crippen LogP contribution in [0.3, 0.4) is 0 Å². The van der Waals surface area contributed by atoms with E-state index in [-0.39, 0.29) is 22.3 Å². The Morgan fingerprint density at radius 3 is 2.47 bits per heavy atom. The molecule has 2 rings (SSSR count). The monoisotopic (exact) mass is 240 g/mol. The quantitative estimate of drug-likeness (QED) is 0.767. The summed E-state index contributed by atoms with van der Waals surface area (Å²) in [6.07, 6.45) is 5.06. The lowest BCUT2D eigenvalue weighted by Gasteiger charge is -2.38. The second-order valence-electron chi connectivity index (χ2n) is 6.35. The number of rotatable bonds is 3. The van der Waals surface area contributed by atoms with Crippen LogP contribution in [0.4, 0.5) is 4.39 Å². The lowest BCUT2D eigenvalue weighted by atomic mass is 9.66. The van der Waals surface area contributed by atoms with Crippen molar-refractivity contribution in [3.8, 4) is 0 Å². The summed E-state index contributed by atoms with van der Waals surface area (Å²) in [5.74, 6) is -0.238. The third kappa shape index (κ3) is 1.62. The van der Waals surface area contributed by atoms with Crippen LogP contribution < -0.4 is 0 Å². The number of carboxylic acid groups (broad SMARTS) is 1. The van der Waals surface area contributed by atoms with Gasteiger partial charge in [0.15, 0.2) is 0 Å². The molecule has 3 unspecified atom stereocenters. The van der Waals surface area contributed by atoms with E-state index in [1.807, 2.05) is 0 Å². The van der Waals surface area contributed by atoms with E-state index in [1.54, 1.807) is 6.08 Å². The third-order valence-corrected chi connectivity index (χ3v) is 5.68. The summed E-state index contributed by atoms with van der Waals surface area (Å²) in [4.78, 5) is 10.9. The second kappa shape index (κ2) is 3.82. The molecule has 0 aliphatic heterocycles. The Kier molecular flexibility index (Phi) is 2.83. The van der Waals surface area contributed by atoms with Gasteiger partial charge in [-0.15, -0.1) is 0 Å². The van der Waals surface area contributed by atoms with Crippen LogP contribution in [0.25, 0.3) is 0 Å². The smallest absolute Gasteiger partial charge is 0.333 e. The first-order valence-electron chi connectivity index (χ1n) is 6.33. The van der Waals surface area contributed by atoms with E-state index in [0.29, 0.717) is 5.92 Å². The first-order valence-corrected chi connectivity index (χ1v) is 6.33. The Balaban J connectivity index is 2.29. The number of carboxylic acids is 1. The van der Waals surface area contributed by atoms with Crippen LogP contribution >= 0.6 is 0 Å². The Labute approximate surface area is 102 Å². The number of alkyl halides is 1. The van der Waals surface area contributed by atoms with Gasteiger partial charge >= 0.3 is 5.97 Å². The van der Waals surface area contributed by atoms with Crippen molar-refractivity contribution in [3.05, 3.63) is 11.6 Å². The minimum atomic E-state index is -1.11. The van der Waals surface area contributed by atoms with E-state index in [4.69, 9.17) is 5.11 Å². The van der Waals surface area contributed by atoms with Gasteiger partial charge in [-0.3, -0.25) is 0 Å². The van der Waals surface area contributed by atoms with Crippen LogP contribution in [0.1, 0.15) is 40.0 Å². The molecule has 2 aliphatic carbocycles. The molecule has 0 aromatic carbocycles. The highest BCUT2D eigenvalue weighted by atomic mass is 19.1. The predicted molar refractivity (Wildman–Crippen MR) is 64.4 cm³/mol. The minimum Gasteiger partial charge on any atom is -0.478 e. The summed E-state index contributed by atoms with van der Waals surface area (Å²) in [6, 6.07) is 0. The molecule has 1 N–H and O–H groups in total. The van der Waals surface area contributed by atoms with Crippen molar-refractivity contribution >= 4 is 5.97 Å². The van der Waals surface area contributed by atoms with Crippen molar-refractivity contribution in [1.29, 1.82) is 0 Å². The van der Waals surface area contributed by atoms with Gasteiger partial charge in [0, 0.05) is 0 Å². The summed E-state index contributed by atoms with van der Waals surface area (Å²) < 4.78 is 12.7. The zero-order valence-corrected chi connectivity index (χ0v) is 10.8. The van der Waals surface area contributed by atoms with Crippen molar-refractivity contribution in [1.82, 2.24) is 0 Å². The molecule has 0 saturated heterocycles. The molecule has 3 atom stereocenters. The summed E-state index contributed by atoms with van der Waals surface area (Å²) in [6.45, 7) is 5.91. The first-order chi connectivity index (χ1) is 7.83. The zero-order chi connectivity index (χ0) is 12.8. The summed E-state index contributed by atoms with van der Waals surface area (Å²) >= 11 is 0. The van der Waals surface area contributed by atoms with E-state index < -0.39 is 12.6 Å². The summed E-state index contributed by atoms with van der Waals surface area (Å²) in [5, 5.41) is 8.91. The normalized spacial score (nSPS) is 39.6. The third-order valence-electron chi connectivity index (χ3n) is 5.68. The van der Waals surface area contributed by atoms with Crippen molar-refractivity contribution < 1.29 is 14.3 Å². The number of fused-ring (bicyclic) bond motifs is 2. The Bertz CT molecular complexity index is 372. The van der Waals surface area contributed by atoms with Gasteiger partial charge < -0.3 is 5.11 Å². The molecule has 0 aromatic rings. The Morgan fingerprint density at radius 2 is 2.12 bits per heavy atom. The molecule has 0 spiro atoms. The molecule has 17 heavy (non-hydrogen) atoms. The number of aliphatic carboxylic acids is 1. The molecule has 2 aliphatic rings. The molecule has 3 heteroatoms. The van der Waals surface area contributed by atoms with E-state index in [2.05, 4.69) is 20.8 Å². The van der Waals surface area contributed by atoms with Crippen molar-refractivity contribution in [2.24, 2.45) is 22.7 Å². The summed E-state index contributed by atoms with van der Waals surface area (Å²) in [5.41, 5.74) is 0.307. The highest BCUT2D eigenvalue weighted by Crippen LogP contribution is 2.68. The van der Waals surface area contributed by atoms with Gasteiger partial charge in [-0.2, -0.15) is 0 Å². The predicted octanol–water partition coefficient (Wildman–Crippen LogP) is 3.43. The fraction of sp³-hybridized carbons (Fsp3) is 0.786. The van der Waals surface area contributed by atoms with Crippen molar-refractivity contribution in [2.45, 2.75) is 40.0 Å². The topological polar surface area (TPSA) is 37.3 Å². The molecule has 2 saturated carbocycles. The molecule has 2 bridgehead atoms. The zero-order valence-electron chi connectivity index (χ0n) is 10.8. The van der Waals surface area contributed by atoms with Gasteiger partial charge in [-0.25, -0.2) is 9.18 Å². The molecule has 2 fully saturated rings. The highest BCUT2D eigenvalue weighted by molar-refractivity contribution is 5.86. The number of hydrogen-bond acceptors (Lipinski definition) is 1. The van der Waals surface area contributed by atoms with Crippen molar-refractivity contribution in [3.63, 3.8) is 0 Å². The van der Waals surface area contributed by atoms with Gasteiger partial charge in [-0.1, -0.05) is 26.8 Å². The fourth-order valence-electron chi connectivity index (χ4n) is 3.93. The lowest BCUT2D eigenvalue weighted by Crippen LogP contribution is -2.31. The van der Waals surface area contributed by atoms with Gasteiger partial charge in [0.05, 0.1) is 5.57 Å². The van der Waals surface area contributed by atoms with Crippen LogP contribution in [0, 0.1) is 22.7 Å². The first kappa shape index (κ1) is 12.6. The molecule has 0 heterocycles. The van der Waals surface area contributed by atoms with Crippen LogP contribution in [0.2, 0.25) is 0 Å². The molecule has 0 amide bonds. The highest BCUT2D eigenvalue weighted by Gasteiger charge is 2.60. The molecular weight excluding hydrogens is 219 g/mol. The SMILES string of the molecule is CC1(C)C2CCC1(C)C(C=C(CF)C(=O)O)C2. The van der Waals surface area contributed by atoms with Gasteiger partial charge in [0.2, 0.25) is 0 Å². The maximum atomic E-state index is 12.7. The van der Waals surface area contributed by atoms with Crippen molar-refractivity contribution in [2.75, 3.05) is 6.67 Å². The average molecular weight is 240 g/mol. The van der Waals surface area contributed by atoms with Gasteiger partial charge in [0.25, 0.3) is 0 Å². The molecule has 0 radical (unpaired) electrons. The standard InChI is InChI=1S/C14H21FO2/c1-13(2)10-4-5-14(13,3)11(7-10)6-9(8-15)12(16)17/h6,10-11H,4-5,7-8H2,1-3H3,(H,16,17). The van der Waals surface area contributed by atoms with Crippen LogP contribution in [0.5, 0.6) is 0 Å². The van der Waals surface area contributed by atoms with Gasteiger partial charge in [-0.05, 0) is 41.9 Å². The average Bonchev–Trinajstić information content (AvgIpc) is 2.57. The van der Waals surface area contributed by atoms with E-state index in [1.165, 1.54) is 6.42 Å². The maximum Gasteiger partial charge on any atom is 0.333 e. The number of carbonyl (C=O) groups is 1. The Morgan fingerprint density at radius 1 is 1.47 bits per heavy atom. The van der Waals surface area contributed by atoms with Crippen LogP contribution in [-0.4, -0.2) is 17.8 Å².